The zero-order valence-corrected chi connectivity index (χ0v) is 14.3. The maximum atomic E-state index is 12.2. The van der Waals surface area contributed by atoms with Crippen LogP contribution < -0.4 is 10.6 Å². The number of hydrogen-bond acceptors (Lipinski definition) is 4. The summed E-state index contributed by atoms with van der Waals surface area (Å²) in [6.45, 7) is 1.92. The van der Waals surface area contributed by atoms with Crippen LogP contribution in [0.5, 0.6) is 0 Å². The summed E-state index contributed by atoms with van der Waals surface area (Å²) in [5, 5.41) is 16.6. The number of carbonyl (C=O) groups is 2. The van der Waals surface area contributed by atoms with E-state index in [-0.39, 0.29) is 35.5 Å². The van der Waals surface area contributed by atoms with Crippen LogP contribution in [-0.2, 0) is 11.3 Å². The summed E-state index contributed by atoms with van der Waals surface area (Å²) in [5.74, 6) is -0.182. The van der Waals surface area contributed by atoms with Gasteiger partial charge in [-0.2, -0.15) is 0 Å². The molecular weight excluding hydrogens is 334 g/mol. The lowest BCUT2D eigenvalue weighted by atomic mass is 10.1. The first-order valence-corrected chi connectivity index (χ1v) is 8.37. The molecule has 2 N–H and O–H groups in total. The van der Waals surface area contributed by atoms with Crippen molar-refractivity contribution >= 4 is 23.2 Å². The molecule has 0 heterocycles. The van der Waals surface area contributed by atoms with Gasteiger partial charge in [0.1, 0.15) is 0 Å². The van der Waals surface area contributed by atoms with Crippen LogP contribution in [0.4, 0.5) is 11.4 Å². The number of aryl methyl sites for hydroxylation is 1. The fraction of sp³-hybridized carbons (Fsp3) is 0.263. The third-order valence-corrected chi connectivity index (χ3v) is 4.29. The number of nitrogens with zero attached hydrogens (tertiary/aromatic N) is 1. The Morgan fingerprint density at radius 2 is 1.85 bits per heavy atom. The average Bonchev–Trinajstić information content (AvgIpc) is 3.46. The molecule has 0 bridgehead atoms. The molecule has 7 heteroatoms. The molecule has 1 aliphatic rings. The number of benzene rings is 2. The molecule has 1 fully saturated rings. The second-order valence-corrected chi connectivity index (χ2v) is 6.40. The van der Waals surface area contributed by atoms with E-state index in [4.69, 9.17) is 0 Å². The van der Waals surface area contributed by atoms with Crippen LogP contribution in [-0.4, -0.2) is 16.7 Å². The van der Waals surface area contributed by atoms with Crippen molar-refractivity contribution in [2.45, 2.75) is 26.3 Å². The van der Waals surface area contributed by atoms with E-state index in [1.54, 1.807) is 31.2 Å². The van der Waals surface area contributed by atoms with Crippen molar-refractivity contribution in [3.8, 4) is 0 Å². The molecule has 26 heavy (non-hydrogen) atoms. The van der Waals surface area contributed by atoms with E-state index in [0.717, 1.165) is 24.1 Å². The third kappa shape index (κ3) is 4.24. The van der Waals surface area contributed by atoms with Crippen LogP contribution in [0.3, 0.4) is 0 Å². The number of hydrogen-bond donors (Lipinski definition) is 2. The number of rotatable bonds is 6. The second-order valence-electron chi connectivity index (χ2n) is 6.40. The summed E-state index contributed by atoms with van der Waals surface area (Å²) >= 11 is 0. The van der Waals surface area contributed by atoms with Crippen molar-refractivity contribution in [1.29, 1.82) is 0 Å². The van der Waals surface area contributed by atoms with Gasteiger partial charge < -0.3 is 10.6 Å². The summed E-state index contributed by atoms with van der Waals surface area (Å²) in [7, 11) is 0. The highest BCUT2D eigenvalue weighted by Crippen LogP contribution is 2.30. The Balaban J connectivity index is 1.58. The summed E-state index contributed by atoms with van der Waals surface area (Å²) < 4.78 is 0. The Bertz CT molecular complexity index is 858. The lowest BCUT2D eigenvalue weighted by Gasteiger charge is -2.08. The Hall–Kier alpha value is -3.22. The molecule has 7 nitrogen and oxygen atoms in total. The smallest absolute Gasteiger partial charge is 0.273 e. The highest BCUT2D eigenvalue weighted by Gasteiger charge is 2.29. The zero-order valence-electron chi connectivity index (χ0n) is 14.3. The van der Waals surface area contributed by atoms with E-state index in [9.17, 15) is 19.7 Å². The van der Waals surface area contributed by atoms with Gasteiger partial charge in [0.15, 0.2) is 0 Å². The molecule has 2 aromatic carbocycles. The van der Waals surface area contributed by atoms with Gasteiger partial charge in [-0.25, -0.2) is 0 Å². The van der Waals surface area contributed by atoms with Gasteiger partial charge in [0.25, 0.3) is 11.6 Å². The molecule has 0 aromatic heterocycles. The molecule has 1 saturated carbocycles. The van der Waals surface area contributed by atoms with Crippen molar-refractivity contribution in [2.75, 3.05) is 5.32 Å². The lowest BCUT2D eigenvalue weighted by Crippen LogP contribution is -2.23. The van der Waals surface area contributed by atoms with Crippen LogP contribution in [0.25, 0.3) is 0 Å². The molecular formula is C19H19N3O4. The average molecular weight is 353 g/mol. The predicted octanol–water partition coefficient (Wildman–Crippen LogP) is 3.18. The molecule has 1 aliphatic carbocycles. The van der Waals surface area contributed by atoms with Gasteiger partial charge in [-0.15, -0.1) is 0 Å². The Morgan fingerprint density at radius 3 is 2.46 bits per heavy atom. The topological polar surface area (TPSA) is 101 Å². The van der Waals surface area contributed by atoms with Gasteiger partial charge in [0.05, 0.1) is 4.92 Å². The predicted molar refractivity (Wildman–Crippen MR) is 96.8 cm³/mol. The fourth-order valence-corrected chi connectivity index (χ4v) is 2.53. The van der Waals surface area contributed by atoms with Crippen LogP contribution in [0, 0.1) is 23.0 Å². The van der Waals surface area contributed by atoms with E-state index in [0.29, 0.717) is 5.56 Å². The monoisotopic (exact) mass is 353 g/mol. The van der Waals surface area contributed by atoms with Crippen molar-refractivity contribution < 1.29 is 14.5 Å². The molecule has 0 spiro atoms. The number of nitro benzene ring substituents is 1. The Kier molecular flexibility index (Phi) is 4.97. The molecule has 134 valence electrons. The summed E-state index contributed by atoms with van der Waals surface area (Å²) in [4.78, 5) is 34.4. The normalized spacial score (nSPS) is 13.1. The van der Waals surface area contributed by atoms with Gasteiger partial charge in [-0.3, -0.25) is 19.7 Å². The largest absolute Gasteiger partial charge is 0.348 e. The number of amides is 2. The third-order valence-electron chi connectivity index (χ3n) is 4.29. The number of nitrogens with one attached hydrogen (secondary N) is 2. The van der Waals surface area contributed by atoms with Crippen molar-refractivity contribution in [1.82, 2.24) is 5.32 Å². The van der Waals surface area contributed by atoms with Gasteiger partial charge in [0, 0.05) is 35.3 Å². The quantitative estimate of drug-likeness (QED) is 0.615. The maximum absolute atomic E-state index is 12.2. The van der Waals surface area contributed by atoms with E-state index in [1.165, 1.54) is 6.07 Å². The molecule has 0 unspecified atom stereocenters. The standard InChI is InChI=1S/C19H19N3O4/c1-12-2-5-15(10-17(12)22(25)26)18(23)20-11-13-3-8-16(9-4-13)21-19(24)14-6-7-14/h2-5,8-10,14H,6-7,11H2,1H3,(H,20,23)(H,21,24). The van der Waals surface area contributed by atoms with E-state index in [1.807, 2.05) is 12.1 Å². The zero-order chi connectivity index (χ0) is 18.7. The SMILES string of the molecule is Cc1ccc(C(=O)NCc2ccc(NC(=O)C3CC3)cc2)cc1[N+](=O)[O-]. The van der Waals surface area contributed by atoms with Crippen molar-refractivity contribution in [3.63, 3.8) is 0 Å². The van der Waals surface area contributed by atoms with Crippen LogP contribution >= 0.6 is 0 Å². The van der Waals surface area contributed by atoms with Gasteiger partial charge in [-0.1, -0.05) is 18.2 Å². The second kappa shape index (κ2) is 7.35. The van der Waals surface area contributed by atoms with E-state index in [2.05, 4.69) is 10.6 Å². The number of anilines is 1. The lowest BCUT2D eigenvalue weighted by molar-refractivity contribution is -0.385. The summed E-state index contributed by atoms with van der Waals surface area (Å²) in [5.41, 5.74) is 2.27. The molecule has 2 amide bonds. The summed E-state index contributed by atoms with van der Waals surface area (Å²) in [6.07, 6.45) is 1.90. The highest BCUT2D eigenvalue weighted by molar-refractivity contribution is 5.95. The minimum absolute atomic E-state index is 0.0482. The molecule has 0 aliphatic heterocycles. The maximum Gasteiger partial charge on any atom is 0.273 e. The number of carbonyl (C=O) groups excluding carboxylic acids is 2. The molecule has 2 aromatic rings. The van der Waals surface area contributed by atoms with Crippen LogP contribution in [0.15, 0.2) is 42.5 Å². The first kappa shape index (κ1) is 17.6. The minimum atomic E-state index is -0.499. The van der Waals surface area contributed by atoms with Crippen LogP contribution in [0.1, 0.15) is 34.3 Å². The Morgan fingerprint density at radius 1 is 1.15 bits per heavy atom. The van der Waals surface area contributed by atoms with Gasteiger partial charge >= 0.3 is 0 Å². The molecule has 3 rings (SSSR count). The summed E-state index contributed by atoms with van der Waals surface area (Å²) in [6, 6.07) is 11.6. The first-order valence-electron chi connectivity index (χ1n) is 8.37. The van der Waals surface area contributed by atoms with E-state index < -0.39 is 4.92 Å². The minimum Gasteiger partial charge on any atom is -0.348 e. The van der Waals surface area contributed by atoms with Gasteiger partial charge in [0.2, 0.25) is 5.91 Å². The van der Waals surface area contributed by atoms with E-state index >= 15 is 0 Å². The molecule has 0 atom stereocenters. The highest BCUT2D eigenvalue weighted by atomic mass is 16.6. The van der Waals surface area contributed by atoms with Crippen molar-refractivity contribution in [3.05, 3.63) is 69.3 Å². The number of nitro groups is 1. The first-order chi connectivity index (χ1) is 12.4. The van der Waals surface area contributed by atoms with Gasteiger partial charge in [-0.05, 0) is 43.5 Å². The van der Waals surface area contributed by atoms with Crippen molar-refractivity contribution in [2.24, 2.45) is 5.92 Å². The molecule has 0 saturated heterocycles. The Labute approximate surface area is 150 Å². The molecule has 0 radical (unpaired) electrons. The van der Waals surface area contributed by atoms with Crippen LogP contribution in [0.2, 0.25) is 0 Å². The fourth-order valence-electron chi connectivity index (χ4n) is 2.53.